The van der Waals surface area contributed by atoms with Crippen molar-refractivity contribution in [2.45, 2.75) is 62.9 Å². The third-order valence-electron chi connectivity index (χ3n) is 7.18. The molecule has 3 unspecified atom stereocenters. The van der Waals surface area contributed by atoms with Crippen LogP contribution in [0.4, 0.5) is 0 Å². The van der Waals surface area contributed by atoms with Crippen molar-refractivity contribution >= 4 is 16.9 Å². The molecule has 1 aromatic heterocycles. The second kappa shape index (κ2) is 7.48. The summed E-state index contributed by atoms with van der Waals surface area (Å²) < 4.78 is 2.23. The van der Waals surface area contributed by atoms with Crippen LogP contribution in [0.2, 0.25) is 0 Å². The summed E-state index contributed by atoms with van der Waals surface area (Å²) in [5.41, 5.74) is 9.01. The van der Waals surface area contributed by atoms with Crippen LogP contribution in [-0.4, -0.2) is 45.5 Å². The number of nitrogens with zero attached hydrogens (tertiary/aromatic N) is 3. The molecule has 5 rings (SSSR count). The number of hydrogen-bond donors (Lipinski definition) is 2. The van der Waals surface area contributed by atoms with Crippen molar-refractivity contribution in [1.29, 1.82) is 0 Å². The summed E-state index contributed by atoms with van der Waals surface area (Å²) in [5, 5.41) is 0. The number of hydrazine groups is 1. The van der Waals surface area contributed by atoms with Crippen molar-refractivity contribution in [3.05, 3.63) is 30.1 Å². The van der Waals surface area contributed by atoms with E-state index in [0.717, 1.165) is 43.7 Å². The van der Waals surface area contributed by atoms with Gasteiger partial charge in [0.15, 0.2) is 0 Å². The van der Waals surface area contributed by atoms with Crippen molar-refractivity contribution < 1.29 is 4.79 Å². The number of carbonyl (C=O) groups is 1. The first-order chi connectivity index (χ1) is 13.7. The average Bonchev–Trinajstić information content (AvgIpc) is 3.20. The van der Waals surface area contributed by atoms with Crippen molar-refractivity contribution in [3.8, 4) is 0 Å². The standard InChI is InChI=1S/C22H31N5O/c1-26-19-10-6-5-9-18(19)23-21(26)15-11-13-27(14-12-15)22(28)20-16-7-3-2-4-8-17(16)24-25-20/h5-6,9-10,15-17,20,24-25H,2-4,7-8,11-14H2,1H3. The second-order valence-electron chi connectivity index (χ2n) is 8.79. The smallest absolute Gasteiger partial charge is 0.241 e. The number of aromatic nitrogens is 2. The molecule has 1 amide bonds. The van der Waals surface area contributed by atoms with Crippen LogP contribution in [0.15, 0.2) is 24.3 Å². The average molecular weight is 382 g/mol. The molecule has 0 spiro atoms. The van der Waals surface area contributed by atoms with Gasteiger partial charge >= 0.3 is 0 Å². The molecular formula is C22H31N5O. The predicted molar refractivity (Wildman–Crippen MR) is 110 cm³/mol. The number of carbonyl (C=O) groups excluding carboxylic acids is 1. The number of piperidine rings is 1. The van der Waals surface area contributed by atoms with Crippen molar-refractivity contribution in [3.63, 3.8) is 0 Å². The van der Waals surface area contributed by atoms with E-state index in [1.807, 2.05) is 6.07 Å². The molecule has 28 heavy (non-hydrogen) atoms. The van der Waals surface area contributed by atoms with Crippen LogP contribution >= 0.6 is 0 Å². The van der Waals surface area contributed by atoms with E-state index >= 15 is 0 Å². The van der Waals surface area contributed by atoms with E-state index in [2.05, 4.69) is 45.6 Å². The summed E-state index contributed by atoms with van der Waals surface area (Å²) in [6.07, 6.45) is 8.18. The van der Waals surface area contributed by atoms with Gasteiger partial charge in [-0.05, 0) is 37.8 Å². The molecule has 150 valence electrons. The predicted octanol–water partition coefficient (Wildman–Crippen LogP) is 2.70. The van der Waals surface area contributed by atoms with Crippen LogP contribution in [0.25, 0.3) is 11.0 Å². The Balaban J connectivity index is 1.25. The fourth-order valence-corrected chi connectivity index (χ4v) is 5.55. The van der Waals surface area contributed by atoms with Gasteiger partial charge in [-0.3, -0.25) is 10.2 Å². The lowest BCUT2D eigenvalue weighted by molar-refractivity contribution is -0.135. The minimum absolute atomic E-state index is 0.0459. The van der Waals surface area contributed by atoms with Gasteiger partial charge in [-0.2, -0.15) is 0 Å². The summed E-state index contributed by atoms with van der Waals surface area (Å²) in [5.74, 6) is 2.34. The number of aryl methyl sites for hydroxylation is 1. The van der Waals surface area contributed by atoms with Gasteiger partial charge in [-0.1, -0.05) is 31.4 Å². The lowest BCUT2D eigenvalue weighted by atomic mass is 9.88. The van der Waals surface area contributed by atoms with E-state index in [1.165, 1.54) is 31.2 Å². The summed E-state index contributed by atoms with van der Waals surface area (Å²) in [6, 6.07) is 8.75. The fourth-order valence-electron chi connectivity index (χ4n) is 5.55. The molecule has 0 bridgehead atoms. The third kappa shape index (κ3) is 3.12. The topological polar surface area (TPSA) is 62.2 Å². The van der Waals surface area contributed by atoms with Gasteiger partial charge in [0, 0.05) is 38.0 Å². The first-order valence-electron chi connectivity index (χ1n) is 10.9. The van der Waals surface area contributed by atoms with Crippen LogP contribution in [0.5, 0.6) is 0 Å². The Morgan fingerprint density at radius 3 is 2.64 bits per heavy atom. The number of para-hydroxylation sites is 2. The molecule has 3 aliphatic rings. The number of amides is 1. The summed E-state index contributed by atoms with van der Waals surface area (Å²) in [4.78, 5) is 20.2. The molecule has 3 fully saturated rings. The molecular weight excluding hydrogens is 350 g/mol. The molecule has 2 aliphatic heterocycles. The quantitative estimate of drug-likeness (QED) is 0.840. The molecule has 1 saturated carbocycles. The molecule has 2 N–H and O–H groups in total. The van der Waals surface area contributed by atoms with Crippen molar-refractivity contribution in [2.24, 2.45) is 13.0 Å². The number of fused-ring (bicyclic) bond motifs is 2. The molecule has 0 radical (unpaired) electrons. The van der Waals surface area contributed by atoms with Gasteiger partial charge in [0.05, 0.1) is 11.0 Å². The molecule has 6 heteroatoms. The van der Waals surface area contributed by atoms with Crippen LogP contribution in [0, 0.1) is 5.92 Å². The highest BCUT2D eigenvalue weighted by molar-refractivity contribution is 5.83. The maximum Gasteiger partial charge on any atom is 0.241 e. The van der Waals surface area contributed by atoms with Gasteiger partial charge in [-0.15, -0.1) is 0 Å². The molecule has 1 aromatic carbocycles. The lowest BCUT2D eigenvalue weighted by Crippen LogP contribution is -2.50. The summed E-state index contributed by atoms with van der Waals surface area (Å²) in [6.45, 7) is 1.67. The maximum atomic E-state index is 13.2. The highest BCUT2D eigenvalue weighted by Gasteiger charge is 2.42. The monoisotopic (exact) mass is 381 g/mol. The van der Waals surface area contributed by atoms with E-state index in [1.54, 1.807) is 0 Å². The molecule has 3 atom stereocenters. The van der Waals surface area contributed by atoms with E-state index in [9.17, 15) is 4.79 Å². The van der Waals surface area contributed by atoms with Gasteiger partial charge in [0.25, 0.3) is 0 Å². The number of benzene rings is 1. The Kier molecular flexibility index (Phi) is 4.85. The van der Waals surface area contributed by atoms with Crippen LogP contribution in [0.3, 0.4) is 0 Å². The number of likely N-dealkylation sites (tertiary alicyclic amines) is 1. The lowest BCUT2D eigenvalue weighted by Gasteiger charge is -2.34. The molecule has 1 aliphatic carbocycles. The van der Waals surface area contributed by atoms with Gasteiger partial charge < -0.3 is 9.47 Å². The zero-order valence-electron chi connectivity index (χ0n) is 16.7. The SMILES string of the molecule is Cn1c(C2CCN(C(=O)C3NNC4CCCCCC43)CC2)nc2ccccc21. The fraction of sp³-hybridized carbons (Fsp3) is 0.636. The Morgan fingerprint density at radius 2 is 1.82 bits per heavy atom. The van der Waals surface area contributed by atoms with Gasteiger partial charge in [-0.25, -0.2) is 10.4 Å². The number of rotatable bonds is 2. The third-order valence-corrected chi connectivity index (χ3v) is 7.18. The number of nitrogens with one attached hydrogen (secondary N) is 2. The second-order valence-corrected chi connectivity index (χ2v) is 8.79. The summed E-state index contributed by atoms with van der Waals surface area (Å²) in [7, 11) is 2.11. The van der Waals surface area contributed by atoms with Crippen LogP contribution < -0.4 is 10.9 Å². The molecule has 2 aromatic rings. The van der Waals surface area contributed by atoms with Gasteiger partial charge in [0.2, 0.25) is 5.91 Å². The Morgan fingerprint density at radius 1 is 1.04 bits per heavy atom. The zero-order valence-corrected chi connectivity index (χ0v) is 16.7. The normalized spacial score (nSPS) is 29.0. The summed E-state index contributed by atoms with van der Waals surface area (Å²) >= 11 is 0. The minimum Gasteiger partial charge on any atom is -0.341 e. The first kappa shape index (κ1) is 18.1. The molecule has 6 nitrogen and oxygen atoms in total. The molecule has 2 saturated heterocycles. The Hall–Kier alpha value is -1.92. The van der Waals surface area contributed by atoms with Crippen molar-refractivity contribution in [2.75, 3.05) is 13.1 Å². The molecule has 3 heterocycles. The Bertz CT molecular complexity index is 854. The first-order valence-corrected chi connectivity index (χ1v) is 10.9. The maximum absolute atomic E-state index is 13.2. The largest absolute Gasteiger partial charge is 0.341 e. The number of hydrogen-bond acceptors (Lipinski definition) is 4. The van der Waals surface area contributed by atoms with E-state index in [4.69, 9.17) is 4.98 Å². The zero-order chi connectivity index (χ0) is 19.1. The highest BCUT2D eigenvalue weighted by Crippen LogP contribution is 2.33. The van der Waals surface area contributed by atoms with E-state index in [-0.39, 0.29) is 6.04 Å². The van der Waals surface area contributed by atoms with E-state index < -0.39 is 0 Å². The minimum atomic E-state index is -0.0459. The number of imidazole rings is 1. The van der Waals surface area contributed by atoms with Crippen LogP contribution in [0.1, 0.15) is 56.7 Å². The van der Waals surface area contributed by atoms with Crippen molar-refractivity contribution in [1.82, 2.24) is 25.3 Å². The highest BCUT2D eigenvalue weighted by atomic mass is 16.2. The van der Waals surface area contributed by atoms with Crippen LogP contribution in [-0.2, 0) is 11.8 Å². The Labute approximate surface area is 166 Å². The van der Waals surface area contributed by atoms with E-state index in [0.29, 0.717) is 23.8 Å². The van der Waals surface area contributed by atoms with Gasteiger partial charge in [0.1, 0.15) is 11.9 Å².